The van der Waals surface area contributed by atoms with Gasteiger partial charge in [-0.05, 0) is 59.1 Å². The van der Waals surface area contributed by atoms with Crippen LogP contribution in [0.3, 0.4) is 0 Å². The third-order valence-corrected chi connectivity index (χ3v) is 6.82. The minimum atomic E-state index is -0.0420. The summed E-state index contributed by atoms with van der Waals surface area (Å²) < 4.78 is 0. The van der Waals surface area contributed by atoms with Gasteiger partial charge in [-0.2, -0.15) is 0 Å². The molecule has 6 rings (SSSR count). The number of hydrogen-bond donors (Lipinski definition) is 0. The molecule has 0 N–H and O–H groups in total. The lowest BCUT2D eigenvalue weighted by atomic mass is 9.71. The molecule has 2 aliphatic rings. The fourth-order valence-electron chi connectivity index (χ4n) is 5.46. The van der Waals surface area contributed by atoms with Gasteiger partial charge in [0.1, 0.15) is 0 Å². The Bertz CT molecular complexity index is 1270. The molecule has 0 saturated carbocycles. The van der Waals surface area contributed by atoms with E-state index in [0.29, 0.717) is 22.3 Å². The summed E-state index contributed by atoms with van der Waals surface area (Å²) >= 11 is 0. The summed E-state index contributed by atoms with van der Waals surface area (Å²) in [5.74, 6) is -0.0841. The van der Waals surface area contributed by atoms with Gasteiger partial charge in [0.15, 0.2) is 11.6 Å². The molecule has 0 heterocycles. The Morgan fingerprint density at radius 3 is 1.22 bits per heavy atom. The minimum Gasteiger partial charge on any atom is -0.289 e. The quantitative estimate of drug-likeness (QED) is 0.323. The molecule has 0 fully saturated rings. The predicted molar refractivity (Wildman–Crippen MR) is 127 cm³/mol. The van der Waals surface area contributed by atoms with Crippen molar-refractivity contribution in [3.63, 3.8) is 0 Å². The molecule has 32 heavy (non-hydrogen) atoms. The van der Waals surface area contributed by atoms with Gasteiger partial charge in [0.25, 0.3) is 0 Å². The van der Waals surface area contributed by atoms with E-state index in [1.807, 2.05) is 48.5 Å². The van der Waals surface area contributed by atoms with E-state index in [2.05, 4.69) is 24.3 Å². The Labute approximate surface area is 187 Å². The zero-order valence-electron chi connectivity index (χ0n) is 17.7. The van der Waals surface area contributed by atoms with Crippen molar-refractivity contribution in [3.05, 3.63) is 118 Å². The van der Waals surface area contributed by atoms with E-state index in [9.17, 15) is 9.59 Å². The van der Waals surface area contributed by atoms with Crippen molar-refractivity contribution in [2.24, 2.45) is 0 Å². The lowest BCUT2D eigenvalue weighted by molar-refractivity contribution is 0.0980. The maximum absolute atomic E-state index is 14.0. The standard InChI is InChI=1S/C30H22O2/c31-29-23-17-9-10-18-24(23)30(32)28-26(20-13-5-2-6-14-20)22-16-8-7-15-21(22)25(27(28)29)19-11-3-1-4-12-19/h1-6,9-14,17-18H,7-8,15-16H2. The van der Waals surface area contributed by atoms with Crippen LogP contribution in [0.1, 0.15) is 55.8 Å². The minimum absolute atomic E-state index is 0.0420. The largest absolute Gasteiger partial charge is 0.289 e. The molecule has 4 aromatic rings. The zero-order chi connectivity index (χ0) is 21.7. The third kappa shape index (κ3) is 2.73. The van der Waals surface area contributed by atoms with Crippen LogP contribution in [0.25, 0.3) is 22.3 Å². The van der Waals surface area contributed by atoms with Crippen LogP contribution in [0, 0.1) is 0 Å². The number of fused-ring (bicyclic) bond motifs is 3. The molecule has 0 amide bonds. The van der Waals surface area contributed by atoms with Crippen LogP contribution in [0.4, 0.5) is 0 Å². The van der Waals surface area contributed by atoms with Crippen molar-refractivity contribution in [2.75, 3.05) is 0 Å². The van der Waals surface area contributed by atoms with Gasteiger partial charge in [0.2, 0.25) is 0 Å². The van der Waals surface area contributed by atoms with Crippen molar-refractivity contribution >= 4 is 11.6 Å². The molecule has 2 heteroatoms. The normalized spacial score (nSPS) is 14.5. The molecule has 0 unspecified atom stereocenters. The van der Waals surface area contributed by atoms with Crippen LogP contribution in [0.5, 0.6) is 0 Å². The summed E-state index contributed by atoms with van der Waals surface area (Å²) in [5, 5.41) is 0. The Hall–Kier alpha value is -3.78. The second kappa shape index (κ2) is 7.42. The SMILES string of the molecule is O=C1c2ccccc2C(=O)c2c1c(-c1ccccc1)c1c(c2-c2ccccc2)CCCC1. The average Bonchev–Trinajstić information content (AvgIpc) is 2.87. The van der Waals surface area contributed by atoms with Gasteiger partial charge in [-0.1, -0.05) is 84.9 Å². The summed E-state index contributed by atoms with van der Waals surface area (Å²) in [6.45, 7) is 0. The number of hydrogen-bond acceptors (Lipinski definition) is 2. The maximum atomic E-state index is 14.0. The highest BCUT2D eigenvalue weighted by Crippen LogP contribution is 2.46. The van der Waals surface area contributed by atoms with Crippen LogP contribution in [-0.4, -0.2) is 11.6 Å². The topological polar surface area (TPSA) is 34.1 Å². The van der Waals surface area contributed by atoms with Gasteiger partial charge in [-0.3, -0.25) is 9.59 Å². The highest BCUT2D eigenvalue weighted by Gasteiger charge is 2.37. The first-order valence-electron chi connectivity index (χ1n) is 11.3. The Kier molecular flexibility index (Phi) is 4.39. The van der Waals surface area contributed by atoms with Crippen molar-refractivity contribution in [2.45, 2.75) is 25.7 Å². The summed E-state index contributed by atoms with van der Waals surface area (Å²) in [6, 6.07) is 27.5. The lowest BCUT2D eigenvalue weighted by Crippen LogP contribution is -2.25. The van der Waals surface area contributed by atoms with Gasteiger partial charge in [0.05, 0.1) is 0 Å². The zero-order valence-corrected chi connectivity index (χ0v) is 17.7. The van der Waals surface area contributed by atoms with E-state index in [1.54, 1.807) is 12.1 Å². The van der Waals surface area contributed by atoms with Crippen LogP contribution in [-0.2, 0) is 12.8 Å². The smallest absolute Gasteiger partial charge is 0.195 e. The predicted octanol–water partition coefficient (Wildman–Crippen LogP) is 6.67. The van der Waals surface area contributed by atoms with Gasteiger partial charge >= 0.3 is 0 Å². The van der Waals surface area contributed by atoms with E-state index in [4.69, 9.17) is 0 Å². The molecular formula is C30H22O2. The molecule has 0 atom stereocenters. The van der Waals surface area contributed by atoms with Crippen LogP contribution >= 0.6 is 0 Å². The van der Waals surface area contributed by atoms with E-state index < -0.39 is 0 Å². The highest BCUT2D eigenvalue weighted by atomic mass is 16.1. The molecule has 0 aliphatic heterocycles. The highest BCUT2D eigenvalue weighted by molar-refractivity contribution is 6.32. The van der Waals surface area contributed by atoms with E-state index in [0.717, 1.165) is 47.9 Å². The molecule has 0 radical (unpaired) electrons. The fourth-order valence-corrected chi connectivity index (χ4v) is 5.46. The first-order chi connectivity index (χ1) is 15.8. The van der Waals surface area contributed by atoms with Gasteiger partial charge in [-0.15, -0.1) is 0 Å². The van der Waals surface area contributed by atoms with Gasteiger partial charge < -0.3 is 0 Å². The van der Waals surface area contributed by atoms with Crippen LogP contribution in [0.2, 0.25) is 0 Å². The molecule has 0 saturated heterocycles. The summed E-state index contributed by atoms with van der Waals surface area (Å²) in [5.41, 5.74) is 8.61. The monoisotopic (exact) mass is 414 g/mol. The number of carbonyl (C=O) groups excluding carboxylic acids is 2. The lowest BCUT2D eigenvalue weighted by Gasteiger charge is -2.31. The van der Waals surface area contributed by atoms with Crippen molar-refractivity contribution in [1.29, 1.82) is 0 Å². The van der Waals surface area contributed by atoms with Gasteiger partial charge in [0, 0.05) is 22.3 Å². The van der Waals surface area contributed by atoms with Crippen molar-refractivity contribution in [3.8, 4) is 22.3 Å². The summed E-state index contributed by atoms with van der Waals surface area (Å²) in [7, 11) is 0. The number of benzene rings is 4. The average molecular weight is 415 g/mol. The molecular weight excluding hydrogens is 392 g/mol. The Morgan fingerprint density at radius 1 is 0.438 bits per heavy atom. The van der Waals surface area contributed by atoms with Gasteiger partial charge in [-0.25, -0.2) is 0 Å². The van der Waals surface area contributed by atoms with Crippen molar-refractivity contribution in [1.82, 2.24) is 0 Å². The second-order valence-corrected chi connectivity index (χ2v) is 8.60. The molecule has 2 aliphatic carbocycles. The first kappa shape index (κ1) is 18.9. The molecule has 0 spiro atoms. The van der Waals surface area contributed by atoms with Crippen LogP contribution < -0.4 is 0 Å². The molecule has 2 nitrogen and oxygen atoms in total. The molecule has 0 bridgehead atoms. The first-order valence-corrected chi connectivity index (χ1v) is 11.3. The fraction of sp³-hybridized carbons (Fsp3) is 0.133. The summed E-state index contributed by atoms with van der Waals surface area (Å²) in [6.07, 6.45) is 4.04. The number of ketones is 2. The number of rotatable bonds is 2. The van der Waals surface area contributed by atoms with E-state index in [-0.39, 0.29) is 11.6 Å². The van der Waals surface area contributed by atoms with E-state index in [1.165, 1.54) is 11.1 Å². The molecule has 0 aromatic heterocycles. The maximum Gasteiger partial charge on any atom is 0.195 e. The summed E-state index contributed by atoms with van der Waals surface area (Å²) in [4.78, 5) is 27.9. The molecule has 4 aromatic carbocycles. The molecule has 154 valence electrons. The van der Waals surface area contributed by atoms with Crippen LogP contribution in [0.15, 0.2) is 84.9 Å². The Morgan fingerprint density at radius 2 is 0.812 bits per heavy atom. The van der Waals surface area contributed by atoms with E-state index >= 15 is 0 Å². The van der Waals surface area contributed by atoms with Crippen molar-refractivity contribution < 1.29 is 9.59 Å². The second-order valence-electron chi connectivity index (χ2n) is 8.60. The third-order valence-electron chi connectivity index (χ3n) is 6.82. The number of carbonyl (C=O) groups is 2. The Balaban J connectivity index is 1.80.